The summed E-state index contributed by atoms with van der Waals surface area (Å²) in [5.74, 6) is -0.569. The van der Waals surface area contributed by atoms with Crippen molar-refractivity contribution >= 4 is 38.9 Å². The highest BCUT2D eigenvalue weighted by Crippen LogP contribution is 2.33. The van der Waals surface area contributed by atoms with Crippen LogP contribution in [0.1, 0.15) is 9.67 Å². The molecular weight excluding hydrogens is 250 g/mol. The van der Waals surface area contributed by atoms with Crippen LogP contribution in [0.4, 0.5) is 5.69 Å². The van der Waals surface area contributed by atoms with Crippen molar-refractivity contribution in [3.63, 3.8) is 0 Å². The lowest BCUT2D eigenvalue weighted by molar-refractivity contribution is -0.119. The molecule has 0 saturated heterocycles. The lowest BCUT2D eigenvalue weighted by Crippen LogP contribution is -2.35. The van der Waals surface area contributed by atoms with E-state index in [1.54, 1.807) is 0 Å². The van der Waals surface area contributed by atoms with Crippen LogP contribution >= 0.6 is 11.3 Å². The van der Waals surface area contributed by atoms with E-state index in [2.05, 4.69) is 10.6 Å². The van der Waals surface area contributed by atoms with E-state index in [0.717, 1.165) is 10.1 Å². The highest BCUT2D eigenvalue weighted by molar-refractivity contribution is 7.21. The number of rotatable bonds is 3. The van der Waals surface area contributed by atoms with Gasteiger partial charge in [-0.1, -0.05) is 18.2 Å². The number of hydrogen-bond acceptors (Lipinski definition) is 4. The summed E-state index contributed by atoms with van der Waals surface area (Å²) in [5, 5.41) is 5.83. The van der Waals surface area contributed by atoms with Crippen LogP contribution in [0.2, 0.25) is 0 Å². The van der Waals surface area contributed by atoms with Crippen LogP contribution in [0.15, 0.2) is 24.3 Å². The van der Waals surface area contributed by atoms with Crippen molar-refractivity contribution in [2.24, 2.45) is 0 Å². The number of fused-ring (bicyclic) bond motifs is 1. The number of nitrogens with one attached hydrogen (secondary N) is 2. The van der Waals surface area contributed by atoms with Crippen LogP contribution in [0.3, 0.4) is 0 Å². The maximum atomic E-state index is 11.9. The Morgan fingerprint density at radius 2 is 2.06 bits per heavy atom. The zero-order valence-corrected chi connectivity index (χ0v) is 10.6. The number of nitrogens with two attached hydrogens (primary N) is 1. The van der Waals surface area contributed by atoms with Gasteiger partial charge in [0.15, 0.2) is 0 Å². The predicted octanol–water partition coefficient (Wildman–Crippen LogP) is 0.959. The third kappa shape index (κ3) is 2.28. The molecule has 6 heteroatoms. The molecule has 0 fully saturated rings. The van der Waals surface area contributed by atoms with Gasteiger partial charge in [-0.25, -0.2) is 0 Å². The van der Waals surface area contributed by atoms with Gasteiger partial charge in [-0.15, -0.1) is 11.3 Å². The van der Waals surface area contributed by atoms with E-state index in [4.69, 9.17) is 5.73 Å². The first kappa shape index (κ1) is 12.4. The van der Waals surface area contributed by atoms with Gasteiger partial charge in [0, 0.05) is 17.1 Å². The van der Waals surface area contributed by atoms with Crippen LogP contribution in [0, 0.1) is 0 Å². The molecule has 0 aliphatic heterocycles. The summed E-state index contributed by atoms with van der Waals surface area (Å²) in [6, 6.07) is 7.55. The summed E-state index contributed by atoms with van der Waals surface area (Å²) < 4.78 is 0.958. The first-order chi connectivity index (χ1) is 8.63. The summed E-state index contributed by atoms with van der Waals surface area (Å²) in [6.45, 7) is -0.0526. The molecule has 0 spiro atoms. The smallest absolute Gasteiger partial charge is 0.263 e. The molecule has 0 saturated carbocycles. The van der Waals surface area contributed by atoms with E-state index in [0.29, 0.717) is 10.6 Å². The number of hydrogen-bond donors (Lipinski definition) is 3. The summed E-state index contributed by atoms with van der Waals surface area (Å²) in [6.07, 6.45) is 0. The molecule has 18 heavy (non-hydrogen) atoms. The predicted molar refractivity (Wildman–Crippen MR) is 72.6 cm³/mol. The van der Waals surface area contributed by atoms with Crippen LogP contribution < -0.4 is 16.4 Å². The quantitative estimate of drug-likeness (QED) is 0.771. The zero-order valence-electron chi connectivity index (χ0n) is 9.82. The van der Waals surface area contributed by atoms with Crippen LogP contribution in [-0.4, -0.2) is 25.4 Å². The van der Waals surface area contributed by atoms with E-state index >= 15 is 0 Å². The molecule has 2 rings (SSSR count). The van der Waals surface area contributed by atoms with Gasteiger partial charge in [-0.3, -0.25) is 9.59 Å². The molecule has 0 unspecified atom stereocenters. The molecule has 1 aromatic heterocycles. The molecule has 5 nitrogen and oxygen atoms in total. The molecule has 0 aliphatic carbocycles. The number of thiophene rings is 1. The number of likely N-dealkylation sites (N-methyl/N-ethyl adjacent to an activating group) is 1. The molecule has 1 heterocycles. The number of amides is 2. The van der Waals surface area contributed by atoms with Gasteiger partial charge >= 0.3 is 0 Å². The monoisotopic (exact) mass is 263 g/mol. The third-order valence-electron chi connectivity index (χ3n) is 2.53. The van der Waals surface area contributed by atoms with Gasteiger partial charge in [0.2, 0.25) is 5.91 Å². The Morgan fingerprint density at radius 3 is 2.72 bits per heavy atom. The second-order valence-corrected chi connectivity index (χ2v) is 4.75. The Bertz CT molecular complexity index is 606. The Balaban J connectivity index is 2.23. The highest BCUT2D eigenvalue weighted by atomic mass is 32.1. The Morgan fingerprint density at radius 1 is 1.33 bits per heavy atom. The van der Waals surface area contributed by atoms with Crippen molar-refractivity contribution in [3.8, 4) is 0 Å². The molecule has 0 atom stereocenters. The first-order valence-corrected chi connectivity index (χ1v) is 6.21. The van der Waals surface area contributed by atoms with Gasteiger partial charge in [-0.2, -0.15) is 0 Å². The number of benzene rings is 1. The Hall–Kier alpha value is -2.08. The molecular formula is C12H13N3O2S. The molecule has 4 N–H and O–H groups in total. The molecule has 0 aliphatic rings. The van der Waals surface area contributed by atoms with E-state index in [1.165, 1.54) is 18.4 Å². The summed E-state index contributed by atoms with van der Waals surface area (Å²) in [4.78, 5) is 23.4. The van der Waals surface area contributed by atoms with Crippen LogP contribution in [0.25, 0.3) is 10.1 Å². The number of carbonyl (C=O) groups excluding carboxylic acids is 2. The van der Waals surface area contributed by atoms with E-state index in [9.17, 15) is 9.59 Å². The number of nitrogen functional groups attached to an aromatic ring is 1. The third-order valence-corrected chi connectivity index (χ3v) is 3.71. The van der Waals surface area contributed by atoms with Gasteiger partial charge in [0.25, 0.3) is 5.91 Å². The van der Waals surface area contributed by atoms with Crippen LogP contribution in [0.5, 0.6) is 0 Å². The average molecular weight is 263 g/mol. The largest absolute Gasteiger partial charge is 0.397 e. The Kier molecular flexibility index (Phi) is 3.47. The topological polar surface area (TPSA) is 84.2 Å². The maximum Gasteiger partial charge on any atom is 0.263 e. The maximum absolute atomic E-state index is 11.9. The van der Waals surface area contributed by atoms with Gasteiger partial charge in [0.05, 0.1) is 12.2 Å². The minimum Gasteiger partial charge on any atom is -0.397 e. The van der Waals surface area contributed by atoms with E-state index in [1.807, 2.05) is 24.3 Å². The lowest BCUT2D eigenvalue weighted by atomic mass is 10.2. The highest BCUT2D eigenvalue weighted by Gasteiger charge is 2.16. The molecule has 0 bridgehead atoms. The minimum atomic E-state index is -0.322. The van der Waals surface area contributed by atoms with Crippen molar-refractivity contribution in [2.75, 3.05) is 19.3 Å². The summed E-state index contributed by atoms with van der Waals surface area (Å²) in [5.41, 5.74) is 6.39. The van der Waals surface area contributed by atoms with E-state index < -0.39 is 0 Å². The second-order valence-electron chi connectivity index (χ2n) is 3.70. The number of carbonyl (C=O) groups is 2. The molecule has 2 aromatic rings. The minimum absolute atomic E-state index is 0.0526. The lowest BCUT2D eigenvalue weighted by Gasteiger charge is -2.02. The molecule has 0 radical (unpaired) electrons. The standard InChI is InChI=1S/C12H13N3O2S/c1-14-9(16)6-15-12(17)11-10(13)7-4-2-3-5-8(7)18-11/h2-5H,6,13H2,1H3,(H,14,16)(H,15,17). The average Bonchev–Trinajstić information content (AvgIpc) is 2.73. The summed E-state index contributed by atoms with van der Waals surface area (Å²) >= 11 is 1.32. The van der Waals surface area contributed by atoms with Crippen molar-refractivity contribution in [1.29, 1.82) is 0 Å². The fraction of sp³-hybridized carbons (Fsp3) is 0.167. The van der Waals surface area contributed by atoms with Crippen molar-refractivity contribution in [2.45, 2.75) is 0 Å². The molecule has 1 aromatic carbocycles. The fourth-order valence-corrected chi connectivity index (χ4v) is 2.60. The first-order valence-electron chi connectivity index (χ1n) is 5.39. The zero-order chi connectivity index (χ0) is 13.1. The normalized spacial score (nSPS) is 10.3. The van der Waals surface area contributed by atoms with E-state index in [-0.39, 0.29) is 18.4 Å². The second kappa shape index (κ2) is 5.05. The van der Waals surface area contributed by atoms with Gasteiger partial charge in [-0.05, 0) is 6.07 Å². The SMILES string of the molecule is CNC(=O)CNC(=O)c1sc2ccccc2c1N. The molecule has 2 amide bonds. The van der Waals surface area contributed by atoms with Gasteiger partial charge < -0.3 is 16.4 Å². The molecule has 94 valence electrons. The van der Waals surface area contributed by atoms with Crippen molar-refractivity contribution in [3.05, 3.63) is 29.1 Å². The van der Waals surface area contributed by atoms with Crippen LogP contribution in [-0.2, 0) is 4.79 Å². The van der Waals surface area contributed by atoms with Crippen molar-refractivity contribution < 1.29 is 9.59 Å². The summed E-state index contributed by atoms with van der Waals surface area (Å²) in [7, 11) is 1.52. The Labute approximate surface area is 108 Å². The fourth-order valence-electron chi connectivity index (χ4n) is 1.56. The van der Waals surface area contributed by atoms with Gasteiger partial charge in [0.1, 0.15) is 4.88 Å². The number of anilines is 1. The van der Waals surface area contributed by atoms with Crippen molar-refractivity contribution in [1.82, 2.24) is 10.6 Å².